The van der Waals surface area contributed by atoms with E-state index in [9.17, 15) is 40.7 Å². The van der Waals surface area contributed by atoms with Crippen molar-refractivity contribution in [2.45, 2.75) is 83.2 Å². The molecular formula is C27H28Cl2F6N4O4. The van der Waals surface area contributed by atoms with E-state index < -0.39 is 83.4 Å². The number of halogens is 8. The van der Waals surface area contributed by atoms with E-state index in [1.807, 2.05) is 0 Å². The molecule has 16 heteroatoms. The summed E-state index contributed by atoms with van der Waals surface area (Å²) in [6, 6.07) is -2.75. The minimum Gasteiger partial charge on any atom is -0.466 e. The second kappa shape index (κ2) is 11.9. The van der Waals surface area contributed by atoms with Crippen molar-refractivity contribution in [2.24, 2.45) is 10.8 Å². The molecule has 236 valence electrons. The number of pyridine rings is 1. The van der Waals surface area contributed by atoms with Crippen LogP contribution in [0.4, 0.5) is 26.3 Å². The molecule has 1 unspecified atom stereocenters. The molecule has 1 atom stereocenters. The smallest absolute Gasteiger partial charge is 0.433 e. The Morgan fingerprint density at radius 2 is 1.63 bits per heavy atom. The molecule has 0 radical (unpaired) electrons. The fraction of sp³-hybridized carbons (Fsp3) is 0.593. The van der Waals surface area contributed by atoms with Crippen LogP contribution in [-0.2, 0) is 15.7 Å². The molecule has 0 bridgehead atoms. The SMILES string of the molecule is CCOC(=O)C1(C)CCC(n2ncc(C(=O)NC(CC(=O)c3c(Cl)cncc3Cl)C3(C(F)(F)F)CC3)c2C(F)(F)F)CC1. The van der Waals surface area contributed by atoms with Crippen molar-refractivity contribution in [1.29, 1.82) is 0 Å². The Kier molecular flexibility index (Phi) is 9.14. The van der Waals surface area contributed by atoms with Gasteiger partial charge in [-0.3, -0.25) is 24.0 Å². The molecule has 2 aliphatic rings. The van der Waals surface area contributed by atoms with Gasteiger partial charge < -0.3 is 10.1 Å². The molecule has 0 aliphatic heterocycles. The molecule has 1 amide bonds. The van der Waals surface area contributed by atoms with Gasteiger partial charge >= 0.3 is 18.3 Å². The first kappa shape index (κ1) is 33.0. The fourth-order valence-electron chi connectivity index (χ4n) is 5.63. The number of esters is 1. The number of aromatic nitrogens is 3. The van der Waals surface area contributed by atoms with E-state index in [2.05, 4.69) is 15.4 Å². The van der Waals surface area contributed by atoms with Crippen LogP contribution in [0.15, 0.2) is 18.6 Å². The zero-order valence-electron chi connectivity index (χ0n) is 23.0. The number of nitrogens with zero attached hydrogens (tertiary/aromatic N) is 3. The number of hydrogen-bond donors (Lipinski definition) is 1. The molecule has 2 heterocycles. The lowest BCUT2D eigenvalue weighted by Gasteiger charge is -2.35. The number of rotatable bonds is 9. The summed E-state index contributed by atoms with van der Waals surface area (Å²) < 4.78 is 91.2. The Bertz CT molecular complexity index is 1380. The van der Waals surface area contributed by atoms with Crippen molar-refractivity contribution in [3.05, 3.63) is 45.5 Å². The predicted octanol–water partition coefficient (Wildman–Crippen LogP) is 7.00. The standard InChI is InChI=1S/C27H28Cl2F6N4O4/c1-3-43-23(42)24(2)6-4-14(5-7-24)39-21(26(30,31)32)15(11-37-39)22(41)38-19(25(8-9-25)27(33,34)35)10-18(40)20-16(28)12-36-13-17(20)29/h11-14,19H,3-10H2,1-2H3,(H,38,41). The largest absolute Gasteiger partial charge is 0.466 e. The summed E-state index contributed by atoms with van der Waals surface area (Å²) in [7, 11) is 0. The van der Waals surface area contributed by atoms with Crippen molar-refractivity contribution < 1.29 is 45.5 Å². The number of ether oxygens (including phenoxy) is 1. The summed E-state index contributed by atoms with van der Waals surface area (Å²) in [6.07, 6.45) is -8.38. The minimum atomic E-state index is -5.10. The van der Waals surface area contributed by atoms with Crippen LogP contribution in [0.25, 0.3) is 0 Å². The molecule has 1 N–H and O–H groups in total. The van der Waals surface area contributed by atoms with Gasteiger partial charge in [-0.15, -0.1) is 0 Å². The van der Waals surface area contributed by atoms with E-state index in [0.717, 1.165) is 12.4 Å². The van der Waals surface area contributed by atoms with Gasteiger partial charge in [0.05, 0.1) is 56.9 Å². The van der Waals surface area contributed by atoms with Crippen molar-refractivity contribution in [3.8, 4) is 0 Å². The average molecular weight is 657 g/mol. The van der Waals surface area contributed by atoms with Gasteiger partial charge in [-0.05, 0) is 52.4 Å². The lowest BCUT2D eigenvalue weighted by molar-refractivity contribution is -0.194. The third kappa shape index (κ3) is 6.50. The zero-order valence-corrected chi connectivity index (χ0v) is 24.6. The normalized spacial score (nSPS) is 22.5. The van der Waals surface area contributed by atoms with Crippen LogP contribution in [-0.4, -0.2) is 51.2 Å². The topological polar surface area (TPSA) is 103 Å². The third-order valence-corrected chi connectivity index (χ3v) is 8.90. The monoisotopic (exact) mass is 656 g/mol. The summed E-state index contributed by atoms with van der Waals surface area (Å²) >= 11 is 12.0. The van der Waals surface area contributed by atoms with Crippen LogP contribution in [0, 0.1) is 10.8 Å². The highest BCUT2D eigenvalue weighted by Crippen LogP contribution is 2.60. The predicted molar refractivity (Wildman–Crippen MR) is 142 cm³/mol. The number of hydrogen-bond acceptors (Lipinski definition) is 6. The molecule has 2 fully saturated rings. The summed E-state index contributed by atoms with van der Waals surface area (Å²) in [5.41, 5.74) is -6.15. The van der Waals surface area contributed by atoms with Crippen LogP contribution in [0.5, 0.6) is 0 Å². The van der Waals surface area contributed by atoms with E-state index in [-0.39, 0.29) is 47.9 Å². The van der Waals surface area contributed by atoms with Gasteiger partial charge in [0, 0.05) is 18.8 Å². The second-order valence-corrected chi connectivity index (χ2v) is 12.0. The van der Waals surface area contributed by atoms with E-state index in [4.69, 9.17) is 27.9 Å². The number of ketones is 1. The Morgan fingerprint density at radius 3 is 2.12 bits per heavy atom. The molecule has 2 saturated carbocycles. The van der Waals surface area contributed by atoms with Crippen LogP contribution >= 0.6 is 23.2 Å². The maximum absolute atomic E-state index is 14.3. The lowest BCUT2D eigenvalue weighted by atomic mass is 9.74. The van der Waals surface area contributed by atoms with Crippen LogP contribution in [0.1, 0.15) is 91.2 Å². The molecular weight excluding hydrogens is 629 g/mol. The number of carbonyl (C=O) groups excluding carboxylic acids is 3. The fourth-order valence-corrected chi connectivity index (χ4v) is 6.21. The van der Waals surface area contributed by atoms with Gasteiger partial charge in [-0.25, -0.2) is 0 Å². The number of Topliss-reactive ketones (excluding diaryl/α,β-unsaturated/α-hetero) is 1. The minimum absolute atomic E-state index is 0.114. The molecule has 2 aliphatic carbocycles. The first-order valence-electron chi connectivity index (χ1n) is 13.5. The second-order valence-electron chi connectivity index (χ2n) is 11.1. The number of alkyl halides is 6. The highest BCUT2D eigenvalue weighted by Gasteiger charge is 2.67. The molecule has 2 aromatic rings. The molecule has 0 saturated heterocycles. The molecule has 43 heavy (non-hydrogen) atoms. The lowest BCUT2D eigenvalue weighted by Crippen LogP contribution is -2.49. The van der Waals surface area contributed by atoms with Gasteiger partial charge in [0.1, 0.15) is 0 Å². The number of amides is 1. The van der Waals surface area contributed by atoms with E-state index in [1.54, 1.807) is 13.8 Å². The Balaban J connectivity index is 1.63. The van der Waals surface area contributed by atoms with Crippen LogP contribution in [0.3, 0.4) is 0 Å². The van der Waals surface area contributed by atoms with Crippen molar-refractivity contribution >= 4 is 40.9 Å². The quantitative estimate of drug-likeness (QED) is 0.177. The van der Waals surface area contributed by atoms with Gasteiger partial charge in [0.15, 0.2) is 11.5 Å². The summed E-state index contributed by atoms with van der Waals surface area (Å²) in [6.45, 7) is 3.46. The Morgan fingerprint density at radius 1 is 1.05 bits per heavy atom. The first-order chi connectivity index (χ1) is 19.9. The number of nitrogens with one attached hydrogen (secondary N) is 1. The summed E-state index contributed by atoms with van der Waals surface area (Å²) in [5, 5.41) is 5.41. The van der Waals surface area contributed by atoms with Crippen LogP contribution < -0.4 is 5.32 Å². The highest BCUT2D eigenvalue weighted by molar-refractivity contribution is 6.39. The summed E-state index contributed by atoms with van der Waals surface area (Å²) in [4.78, 5) is 42.4. The maximum atomic E-state index is 14.3. The van der Waals surface area contributed by atoms with Crippen molar-refractivity contribution in [3.63, 3.8) is 0 Å². The highest BCUT2D eigenvalue weighted by atomic mass is 35.5. The Labute approximate surface area is 252 Å². The Hall–Kier alpha value is -2.87. The third-order valence-electron chi connectivity index (χ3n) is 8.33. The van der Waals surface area contributed by atoms with E-state index in [0.29, 0.717) is 10.9 Å². The molecule has 0 aromatic carbocycles. The van der Waals surface area contributed by atoms with Crippen molar-refractivity contribution in [1.82, 2.24) is 20.1 Å². The summed E-state index contributed by atoms with van der Waals surface area (Å²) in [5.74, 6) is -2.87. The van der Waals surface area contributed by atoms with Gasteiger partial charge in [-0.1, -0.05) is 23.2 Å². The number of carbonyl (C=O) groups is 3. The average Bonchev–Trinajstić information content (AvgIpc) is 3.60. The molecule has 8 nitrogen and oxygen atoms in total. The van der Waals surface area contributed by atoms with Crippen molar-refractivity contribution in [2.75, 3.05) is 6.61 Å². The first-order valence-corrected chi connectivity index (χ1v) is 14.2. The van der Waals surface area contributed by atoms with Gasteiger partial charge in [0.25, 0.3) is 5.91 Å². The van der Waals surface area contributed by atoms with E-state index >= 15 is 0 Å². The van der Waals surface area contributed by atoms with Gasteiger partial charge in [-0.2, -0.15) is 31.4 Å². The molecule has 2 aromatic heterocycles. The zero-order chi connectivity index (χ0) is 32.0. The molecule has 4 rings (SSSR count). The molecule has 0 spiro atoms. The van der Waals surface area contributed by atoms with Crippen LogP contribution in [0.2, 0.25) is 10.0 Å². The maximum Gasteiger partial charge on any atom is 0.433 e. The van der Waals surface area contributed by atoms with E-state index in [1.165, 1.54) is 0 Å². The van der Waals surface area contributed by atoms with Gasteiger partial charge in [0.2, 0.25) is 0 Å².